The van der Waals surface area contributed by atoms with Crippen LogP contribution in [0.25, 0.3) is 0 Å². The quantitative estimate of drug-likeness (QED) is 0.828. The van der Waals surface area contributed by atoms with Crippen LogP contribution in [0.15, 0.2) is 29.2 Å². The van der Waals surface area contributed by atoms with Gasteiger partial charge in [-0.15, -0.1) is 0 Å². The lowest BCUT2D eigenvalue weighted by molar-refractivity contribution is -0.138. The van der Waals surface area contributed by atoms with Crippen molar-refractivity contribution >= 4 is 21.7 Å². The van der Waals surface area contributed by atoms with Crippen molar-refractivity contribution in [3.63, 3.8) is 0 Å². The van der Waals surface area contributed by atoms with Gasteiger partial charge in [0.25, 0.3) is 5.91 Å². The summed E-state index contributed by atoms with van der Waals surface area (Å²) in [7, 11) is -3.40. The Morgan fingerprint density at radius 3 is 2.53 bits per heavy atom. The summed E-state index contributed by atoms with van der Waals surface area (Å²) in [4.78, 5) is 22.4. The van der Waals surface area contributed by atoms with Gasteiger partial charge in [0.2, 0.25) is 0 Å². The lowest BCUT2D eigenvalue weighted by Gasteiger charge is -2.10. The van der Waals surface area contributed by atoms with E-state index in [1.807, 2.05) is 0 Å². The number of carbonyl (C=O) groups is 2. The molecule has 2 N–H and O–H groups in total. The van der Waals surface area contributed by atoms with Crippen molar-refractivity contribution in [3.8, 4) is 0 Å². The summed E-state index contributed by atoms with van der Waals surface area (Å²) < 4.78 is 23.4. The Bertz CT molecular complexity index is 594. The van der Waals surface area contributed by atoms with Gasteiger partial charge in [0.1, 0.15) is 6.04 Å². The predicted molar refractivity (Wildman–Crippen MR) is 68.7 cm³/mol. The summed E-state index contributed by atoms with van der Waals surface area (Å²) in [5.41, 5.74) is 0.114. The van der Waals surface area contributed by atoms with Crippen LogP contribution in [0.3, 0.4) is 0 Å². The summed E-state index contributed by atoms with van der Waals surface area (Å²) in [5.74, 6) is -1.85. The van der Waals surface area contributed by atoms with Crippen LogP contribution in [-0.2, 0) is 14.6 Å². The third kappa shape index (κ3) is 3.78. The number of aliphatic carboxylic acids is 1. The Morgan fingerprint density at radius 2 is 2.00 bits per heavy atom. The Kier molecular flexibility index (Phi) is 4.66. The maximum Gasteiger partial charge on any atom is 0.325 e. The van der Waals surface area contributed by atoms with E-state index in [1.54, 1.807) is 0 Å². The molecule has 0 saturated heterocycles. The first-order valence-electron chi connectivity index (χ1n) is 5.64. The van der Waals surface area contributed by atoms with E-state index < -0.39 is 27.8 Å². The van der Waals surface area contributed by atoms with Crippen molar-refractivity contribution in [2.24, 2.45) is 0 Å². The number of benzene rings is 1. The van der Waals surface area contributed by atoms with Crippen LogP contribution >= 0.6 is 0 Å². The van der Waals surface area contributed by atoms with Gasteiger partial charge >= 0.3 is 5.97 Å². The minimum atomic E-state index is -3.40. The molecule has 1 atom stereocenters. The molecule has 0 saturated carbocycles. The normalized spacial score (nSPS) is 12.7. The number of sulfone groups is 1. The van der Waals surface area contributed by atoms with Crippen LogP contribution in [-0.4, -0.2) is 37.2 Å². The van der Waals surface area contributed by atoms with Crippen molar-refractivity contribution in [1.82, 2.24) is 5.32 Å². The van der Waals surface area contributed by atoms with E-state index in [0.717, 1.165) is 0 Å². The largest absolute Gasteiger partial charge is 0.480 e. The number of carbonyl (C=O) groups excluding carboxylic acids is 1. The topological polar surface area (TPSA) is 101 Å². The fraction of sp³-hybridized carbons (Fsp3) is 0.333. The first-order valence-corrected chi connectivity index (χ1v) is 7.29. The fourth-order valence-corrected chi connectivity index (χ4v) is 2.26. The minimum Gasteiger partial charge on any atom is -0.480 e. The second-order valence-electron chi connectivity index (χ2n) is 3.96. The van der Waals surface area contributed by atoms with Gasteiger partial charge in [-0.2, -0.15) is 0 Å². The monoisotopic (exact) mass is 285 g/mol. The molecular formula is C12H15NO5S. The molecule has 0 spiro atoms. The Labute approximate surface area is 111 Å². The smallest absolute Gasteiger partial charge is 0.325 e. The lowest BCUT2D eigenvalue weighted by atomic mass is 10.2. The van der Waals surface area contributed by atoms with Gasteiger partial charge in [0.15, 0.2) is 9.84 Å². The third-order valence-electron chi connectivity index (χ3n) is 2.55. The van der Waals surface area contributed by atoms with E-state index in [4.69, 9.17) is 5.11 Å². The Morgan fingerprint density at radius 1 is 1.37 bits per heavy atom. The summed E-state index contributed by atoms with van der Waals surface area (Å²) >= 11 is 0. The molecule has 104 valence electrons. The van der Waals surface area contributed by atoms with Gasteiger partial charge in [-0.3, -0.25) is 9.59 Å². The average Bonchev–Trinajstić information content (AvgIpc) is 2.38. The first-order chi connectivity index (χ1) is 8.77. The molecule has 0 unspecified atom stereocenters. The molecule has 0 aliphatic heterocycles. The summed E-state index contributed by atoms with van der Waals surface area (Å²) in [5, 5.41) is 10.9. The minimum absolute atomic E-state index is 0.0469. The van der Waals surface area contributed by atoms with E-state index in [1.165, 1.54) is 38.1 Å². The van der Waals surface area contributed by atoms with Gasteiger partial charge < -0.3 is 10.4 Å². The van der Waals surface area contributed by atoms with Crippen LogP contribution in [0.5, 0.6) is 0 Å². The van der Waals surface area contributed by atoms with Gasteiger partial charge in [0, 0.05) is 5.56 Å². The fourth-order valence-electron chi connectivity index (χ4n) is 1.34. The molecule has 1 amide bonds. The molecule has 7 heteroatoms. The molecule has 0 aliphatic rings. The molecule has 0 aliphatic carbocycles. The number of amides is 1. The molecule has 19 heavy (non-hydrogen) atoms. The van der Waals surface area contributed by atoms with Crippen LogP contribution in [0.4, 0.5) is 0 Å². The summed E-state index contributed by atoms with van der Waals surface area (Å²) in [6, 6.07) is 4.47. The molecule has 1 aromatic rings. The zero-order chi connectivity index (χ0) is 14.6. The van der Waals surface area contributed by atoms with E-state index in [9.17, 15) is 18.0 Å². The Balaban J connectivity index is 3.00. The number of nitrogens with one attached hydrogen (secondary N) is 1. The van der Waals surface area contributed by atoms with Crippen molar-refractivity contribution in [2.75, 3.05) is 5.75 Å². The van der Waals surface area contributed by atoms with E-state index in [-0.39, 0.29) is 16.2 Å². The van der Waals surface area contributed by atoms with Crippen LogP contribution in [0.2, 0.25) is 0 Å². The SMILES string of the molecule is CCS(=O)(=O)c1cccc(C(=O)N[C@H](C)C(=O)O)c1. The lowest BCUT2D eigenvalue weighted by Crippen LogP contribution is -2.38. The number of hydrogen-bond donors (Lipinski definition) is 2. The molecule has 6 nitrogen and oxygen atoms in total. The molecular weight excluding hydrogens is 270 g/mol. The second kappa shape index (κ2) is 5.83. The van der Waals surface area contributed by atoms with E-state index in [2.05, 4.69) is 5.32 Å². The summed E-state index contributed by atoms with van der Waals surface area (Å²) in [6.07, 6.45) is 0. The Hall–Kier alpha value is -1.89. The van der Waals surface area contributed by atoms with Gasteiger partial charge in [-0.25, -0.2) is 8.42 Å². The second-order valence-corrected chi connectivity index (χ2v) is 6.24. The first kappa shape index (κ1) is 15.2. The number of carboxylic acids is 1. The van der Waals surface area contributed by atoms with Gasteiger partial charge in [-0.1, -0.05) is 13.0 Å². The van der Waals surface area contributed by atoms with Crippen molar-refractivity contribution in [1.29, 1.82) is 0 Å². The zero-order valence-electron chi connectivity index (χ0n) is 10.6. The highest BCUT2D eigenvalue weighted by atomic mass is 32.2. The molecule has 1 rings (SSSR count). The zero-order valence-corrected chi connectivity index (χ0v) is 11.4. The highest BCUT2D eigenvalue weighted by Crippen LogP contribution is 2.13. The molecule has 0 bridgehead atoms. The van der Waals surface area contributed by atoms with Crippen LogP contribution < -0.4 is 5.32 Å². The molecule has 1 aromatic carbocycles. The molecule has 0 fully saturated rings. The highest BCUT2D eigenvalue weighted by Gasteiger charge is 2.17. The predicted octanol–water partition coefficient (Wildman–Crippen LogP) is 0.683. The number of rotatable bonds is 5. The van der Waals surface area contributed by atoms with E-state index in [0.29, 0.717) is 0 Å². The van der Waals surface area contributed by atoms with Gasteiger partial charge in [-0.05, 0) is 25.1 Å². The van der Waals surface area contributed by atoms with Crippen molar-refractivity contribution in [2.45, 2.75) is 24.8 Å². The number of carboxylic acid groups (broad SMARTS) is 1. The van der Waals surface area contributed by atoms with Crippen molar-refractivity contribution in [3.05, 3.63) is 29.8 Å². The third-order valence-corrected chi connectivity index (χ3v) is 4.29. The maximum absolute atomic E-state index is 11.8. The van der Waals surface area contributed by atoms with Crippen LogP contribution in [0.1, 0.15) is 24.2 Å². The molecule has 0 aromatic heterocycles. The molecule has 0 radical (unpaired) electrons. The average molecular weight is 285 g/mol. The van der Waals surface area contributed by atoms with Gasteiger partial charge in [0.05, 0.1) is 10.6 Å². The highest BCUT2D eigenvalue weighted by molar-refractivity contribution is 7.91. The number of hydrogen-bond acceptors (Lipinski definition) is 4. The van der Waals surface area contributed by atoms with E-state index >= 15 is 0 Å². The maximum atomic E-state index is 11.8. The van der Waals surface area contributed by atoms with Crippen LogP contribution in [0, 0.1) is 0 Å². The standard InChI is InChI=1S/C12H15NO5S/c1-3-19(17,18)10-6-4-5-9(7-10)11(14)13-8(2)12(15)16/h4-8H,3H2,1-2H3,(H,13,14)(H,15,16)/t8-/m1/s1. The molecule has 0 heterocycles. The summed E-state index contributed by atoms with van der Waals surface area (Å²) in [6.45, 7) is 2.83. The van der Waals surface area contributed by atoms with Crippen molar-refractivity contribution < 1.29 is 23.1 Å².